The summed E-state index contributed by atoms with van der Waals surface area (Å²) < 4.78 is 11.5. The Bertz CT molecular complexity index is 2080. The first-order valence-corrected chi connectivity index (χ1v) is 15.2. The molecule has 1 aliphatic heterocycles. The molecule has 2 amide bonds. The Labute approximate surface area is 263 Å². The van der Waals surface area contributed by atoms with Gasteiger partial charge in [-0.25, -0.2) is 4.98 Å². The van der Waals surface area contributed by atoms with Gasteiger partial charge in [0.05, 0.1) is 24.6 Å². The number of carbonyl (C=O) groups excluding carboxylic acids is 4. The van der Waals surface area contributed by atoms with E-state index in [1.54, 1.807) is 37.3 Å². The highest BCUT2D eigenvalue weighted by Crippen LogP contribution is 2.56. The molecule has 0 bridgehead atoms. The summed E-state index contributed by atoms with van der Waals surface area (Å²) in [5, 5.41) is 10.2. The fourth-order valence-electron chi connectivity index (χ4n) is 7.66. The van der Waals surface area contributed by atoms with Crippen molar-refractivity contribution < 1.29 is 33.4 Å². The number of ketones is 2. The quantitative estimate of drug-likeness (QED) is 0.173. The lowest BCUT2D eigenvalue weighted by atomic mass is 9.59. The molecule has 4 atom stereocenters. The molecule has 1 aromatic heterocycles. The second-order valence-electron chi connectivity index (χ2n) is 12.2. The number of fused-ring (bicyclic) bond motifs is 4. The van der Waals surface area contributed by atoms with E-state index in [0.717, 1.165) is 11.1 Å². The van der Waals surface area contributed by atoms with Crippen molar-refractivity contribution in [3.8, 4) is 23.0 Å². The van der Waals surface area contributed by atoms with E-state index in [9.17, 15) is 24.3 Å². The van der Waals surface area contributed by atoms with Crippen LogP contribution < -0.4 is 9.64 Å². The number of rotatable bonds is 4. The highest BCUT2D eigenvalue weighted by atomic mass is 16.5. The maximum atomic E-state index is 14.3. The standard InChI is InChI=1S/C37H28N2O7/c1-18-15-28(41)26-17-25-22(31(33(26)34(18)42)23-12-11-21(40)16-30(23)45-2)13-14-24-32(25)37(44)39(36(24)43)20-9-7-19(8-10-20)35-38-27-5-3-4-6-29(27)46-35/h3-13,15-16,24-25,31-32,40H,14,17H2,1-2H3/t24-,25+,31+,32-/m0/s1. The number of allylic oxidation sites excluding steroid dienone is 6. The third-order valence-electron chi connectivity index (χ3n) is 9.76. The zero-order chi connectivity index (χ0) is 31.9. The van der Waals surface area contributed by atoms with Crippen LogP contribution in [0.1, 0.15) is 31.2 Å². The number of hydrogen-bond acceptors (Lipinski definition) is 8. The van der Waals surface area contributed by atoms with Crippen molar-refractivity contribution >= 4 is 40.2 Å². The number of phenols is 1. The van der Waals surface area contributed by atoms with E-state index in [2.05, 4.69) is 4.98 Å². The number of phenolic OH excluding ortho intramolecular Hbond substituents is 1. The van der Waals surface area contributed by atoms with Crippen molar-refractivity contribution in [1.29, 1.82) is 0 Å². The first kappa shape index (κ1) is 27.9. The number of carbonyl (C=O) groups is 4. The predicted molar refractivity (Wildman–Crippen MR) is 168 cm³/mol. The zero-order valence-corrected chi connectivity index (χ0v) is 25.0. The topological polar surface area (TPSA) is 127 Å². The maximum absolute atomic E-state index is 14.3. The SMILES string of the molecule is COc1cc(O)ccc1[C@H]1C2=CC[C@@H]3C(=O)N(c4ccc(-c5nc6ccccc6o5)cc4)C(=O)[C@@H]3[C@@H]2CC2=C1C(=O)C(C)=CC2=O. The van der Waals surface area contributed by atoms with E-state index in [1.165, 1.54) is 30.2 Å². The Kier molecular flexibility index (Phi) is 6.22. The van der Waals surface area contributed by atoms with Gasteiger partial charge in [0.1, 0.15) is 17.0 Å². The van der Waals surface area contributed by atoms with Crippen molar-refractivity contribution in [2.75, 3.05) is 12.0 Å². The number of imide groups is 1. The van der Waals surface area contributed by atoms with Gasteiger partial charge in [0.15, 0.2) is 17.1 Å². The van der Waals surface area contributed by atoms with Crippen LogP contribution in [0.2, 0.25) is 0 Å². The Hall–Kier alpha value is -5.57. The van der Waals surface area contributed by atoms with Crippen LogP contribution in [0, 0.1) is 17.8 Å². The number of nitrogens with zero attached hydrogens (tertiary/aromatic N) is 2. The molecule has 9 nitrogen and oxygen atoms in total. The molecule has 0 saturated carbocycles. The molecule has 3 aliphatic carbocycles. The molecule has 4 aliphatic rings. The molecule has 228 valence electrons. The summed E-state index contributed by atoms with van der Waals surface area (Å²) in [5.41, 5.74) is 5.06. The predicted octanol–water partition coefficient (Wildman–Crippen LogP) is 5.84. The fourth-order valence-corrected chi connectivity index (χ4v) is 7.66. The highest BCUT2D eigenvalue weighted by Gasteiger charge is 2.56. The molecule has 0 spiro atoms. The van der Waals surface area contributed by atoms with Gasteiger partial charge in [0, 0.05) is 39.8 Å². The van der Waals surface area contributed by atoms with E-state index >= 15 is 0 Å². The summed E-state index contributed by atoms with van der Waals surface area (Å²) in [4.78, 5) is 61.0. The van der Waals surface area contributed by atoms with Crippen LogP contribution in [-0.4, -0.2) is 40.6 Å². The molecule has 9 heteroatoms. The number of aromatic hydroxyl groups is 1. The van der Waals surface area contributed by atoms with Gasteiger partial charge in [-0.1, -0.05) is 29.8 Å². The lowest BCUT2D eigenvalue weighted by Gasteiger charge is -2.42. The minimum atomic E-state index is -0.709. The molecule has 0 unspecified atom stereocenters. The molecule has 8 rings (SSSR count). The van der Waals surface area contributed by atoms with Gasteiger partial charge in [-0.05, 0) is 74.2 Å². The van der Waals surface area contributed by atoms with E-state index in [0.29, 0.717) is 57.2 Å². The average Bonchev–Trinajstić information content (AvgIpc) is 3.61. The smallest absolute Gasteiger partial charge is 0.238 e. The monoisotopic (exact) mass is 612 g/mol. The average molecular weight is 613 g/mol. The number of para-hydroxylation sites is 2. The summed E-state index contributed by atoms with van der Waals surface area (Å²) in [7, 11) is 1.48. The van der Waals surface area contributed by atoms with Crippen molar-refractivity contribution in [2.45, 2.75) is 25.7 Å². The Balaban J connectivity index is 1.17. The fraction of sp³-hybridized carbons (Fsp3) is 0.216. The number of ether oxygens (including phenoxy) is 1. The molecule has 1 fully saturated rings. The number of anilines is 1. The number of oxazole rings is 1. The zero-order valence-electron chi connectivity index (χ0n) is 25.0. The molecule has 2 heterocycles. The normalized spacial score (nSPS) is 24.1. The molecule has 1 N–H and O–H groups in total. The summed E-state index contributed by atoms with van der Waals surface area (Å²) in [6.07, 6.45) is 3.81. The highest BCUT2D eigenvalue weighted by molar-refractivity contribution is 6.25. The van der Waals surface area contributed by atoms with Gasteiger partial charge in [-0.15, -0.1) is 0 Å². The Morgan fingerprint density at radius 3 is 2.50 bits per heavy atom. The van der Waals surface area contributed by atoms with Gasteiger partial charge in [0.25, 0.3) is 0 Å². The Morgan fingerprint density at radius 2 is 1.74 bits per heavy atom. The van der Waals surface area contributed by atoms with Gasteiger partial charge >= 0.3 is 0 Å². The summed E-state index contributed by atoms with van der Waals surface area (Å²) in [5.74, 6) is -2.78. The summed E-state index contributed by atoms with van der Waals surface area (Å²) >= 11 is 0. The van der Waals surface area contributed by atoms with Gasteiger partial charge < -0.3 is 14.3 Å². The maximum Gasteiger partial charge on any atom is 0.238 e. The van der Waals surface area contributed by atoms with Gasteiger partial charge in [-0.3, -0.25) is 24.1 Å². The van der Waals surface area contributed by atoms with Crippen molar-refractivity contribution in [3.63, 3.8) is 0 Å². The summed E-state index contributed by atoms with van der Waals surface area (Å²) in [6.45, 7) is 1.62. The first-order chi connectivity index (χ1) is 22.2. The molecule has 4 aromatic rings. The number of amides is 2. The van der Waals surface area contributed by atoms with Crippen LogP contribution in [0.3, 0.4) is 0 Å². The third kappa shape index (κ3) is 4.04. The van der Waals surface area contributed by atoms with Crippen molar-refractivity contribution in [1.82, 2.24) is 4.98 Å². The van der Waals surface area contributed by atoms with Crippen LogP contribution in [0.5, 0.6) is 11.5 Å². The lowest BCUT2D eigenvalue weighted by molar-refractivity contribution is -0.123. The van der Waals surface area contributed by atoms with E-state index < -0.39 is 23.7 Å². The minimum absolute atomic E-state index is 0.00342. The Morgan fingerprint density at radius 1 is 0.957 bits per heavy atom. The number of methoxy groups -OCH3 is 1. The van der Waals surface area contributed by atoms with Crippen LogP contribution in [0.25, 0.3) is 22.6 Å². The van der Waals surface area contributed by atoms with Crippen LogP contribution in [0.15, 0.2) is 106 Å². The van der Waals surface area contributed by atoms with Crippen molar-refractivity contribution in [3.05, 3.63) is 107 Å². The largest absolute Gasteiger partial charge is 0.508 e. The van der Waals surface area contributed by atoms with Crippen LogP contribution in [0.4, 0.5) is 5.69 Å². The van der Waals surface area contributed by atoms with Crippen molar-refractivity contribution in [2.24, 2.45) is 17.8 Å². The molecular formula is C37H28N2O7. The third-order valence-corrected chi connectivity index (χ3v) is 9.76. The summed E-state index contributed by atoms with van der Waals surface area (Å²) in [6, 6.07) is 19.1. The molecule has 1 saturated heterocycles. The molecule has 3 aromatic carbocycles. The lowest BCUT2D eigenvalue weighted by Crippen LogP contribution is -2.40. The number of Topliss-reactive ketones (excluding diaryl/α,β-unsaturated/α-hetero) is 1. The van der Waals surface area contributed by atoms with Crippen LogP contribution >= 0.6 is 0 Å². The second-order valence-corrected chi connectivity index (χ2v) is 12.2. The van der Waals surface area contributed by atoms with Gasteiger partial charge in [-0.2, -0.15) is 0 Å². The van der Waals surface area contributed by atoms with E-state index in [-0.39, 0.29) is 35.6 Å². The molecule has 0 radical (unpaired) electrons. The first-order valence-electron chi connectivity index (χ1n) is 15.2. The molecular weight excluding hydrogens is 584 g/mol. The van der Waals surface area contributed by atoms with Crippen LogP contribution in [-0.2, 0) is 19.2 Å². The number of aromatic nitrogens is 1. The van der Waals surface area contributed by atoms with E-state index in [1.807, 2.05) is 30.3 Å². The second kappa shape index (κ2) is 10.2. The van der Waals surface area contributed by atoms with E-state index in [4.69, 9.17) is 9.15 Å². The minimum Gasteiger partial charge on any atom is -0.508 e. The number of benzene rings is 3. The number of hydrogen-bond donors (Lipinski definition) is 1. The molecule has 46 heavy (non-hydrogen) atoms. The van der Waals surface area contributed by atoms with Gasteiger partial charge in [0.2, 0.25) is 17.7 Å².